The summed E-state index contributed by atoms with van der Waals surface area (Å²) in [6.07, 6.45) is 4.03. The number of rotatable bonds is 10. The second kappa shape index (κ2) is 13.9. The third-order valence-electron chi connectivity index (χ3n) is 6.13. The average Bonchev–Trinajstić information content (AvgIpc) is 3.50. The van der Waals surface area contributed by atoms with Crippen LogP contribution in [-0.4, -0.2) is 61.0 Å². The van der Waals surface area contributed by atoms with E-state index in [9.17, 15) is 19.2 Å². The molecule has 0 radical (unpaired) electrons. The van der Waals surface area contributed by atoms with Crippen LogP contribution in [0.1, 0.15) is 50.1 Å². The predicted octanol–water partition coefficient (Wildman–Crippen LogP) is 3.38. The van der Waals surface area contributed by atoms with Crippen LogP contribution in [0.15, 0.2) is 65.7 Å². The number of halogens is 1. The molecular weight excluding hydrogens is 590 g/mol. The zero-order valence-electron chi connectivity index (χ0n) is 24.4. The largest absolute Gasteiger partial charge is 0.469 e. The molecule has 2 aromatic carbocycles. The number of tetrazole rings is 1. The number of H-pyrrole nitrogens is 1. The lowest BCUT2D eigenvalue weighted by Gasteiger charge is -2.22. The summed E-state index contributed by atoms with van der Waals surface area (Å²) in [5.74, 6) is -1.52. The van der Waals surface area contributed by atoms with Crippen molar-refractivity contribution in [2.45, 2.75) is 45.3 Å². The van der Waals surface area contributed by atoms with E-state index in [0.29, 0.717) is 27.4 Å². The van der Waals surface area contributed by atoms with Crippen molar-refractivity contribution in [1.82, 2.24) is 35.7 Å². The molecule has 1 amide bonds. The molecule has 0 fully saturated rings. The van der Waals surface area contributed by atoms with Gasteiger partial charge in [-0.2, -0.15) is 9.78 Å². The van der Waals surface area contributed by atoms with Crippen LogP contribution in [0.4, 0.5) is 0 Å². The number of esters is 2. The number of methoxy groups -OCH3 is 1. The number of hydrogen-bond donors (Lipinski definition) is 2. The number of nitrogens with zero attached hydrogens (tertiary/aromatic N) is 5. The number of aromatic nitrogens is 6. The van der Waals surface area contributed by atoms with E-state index >= 15 is 0 Å². The lowest BCUT2D eigenvalue weighted by atomic mass is 10.0. The third-order valence-corrected chi connectivity index (χ3v) is 6.36. The molecule has 0 spiro atoms. The minimum absolute atomic E-state index is 0.0820. The Bertz CT molecular complexity index is 1730. The van der Waals surface area contributed by atoms with Gasteiger partial charge in [-0.1, -0.05) is 35.9 Å². The molecule has 2 heterocycles. The van der Waals surface area contributed by atoms with Gasteiger partial charge in [0.05, 0.1) is 42.9 Å². The number of ether oxygens (including phenoxy) is 2. The third kappa shape index (κ3) is 8.67. The normalized spacial score (nSPS) is 12.1. The number of nitrogens with one attached hydrogen (secondary N) is 2. The summed E-state index contributed by atoms with van der Waals surface area (Å²) >= 11 is 6.18. The highest BCUT2D eigenvalue weighted by molar-refractivity contribution is 6.30. The zero-order valence-corrected chi connectivity index (χ0v) is 25.2. The Morgan fingerprint density at radius 1 is 1.09 bits per heavy atom. The van der Waals surface area contributed by atoms with Crippen molar-refractivity contribution >= 4 is 35.5 Å². The van der Waals surface area contributed by atoms with E-state index in [2.05, 4.69) is 31.0 Å². The van der Waals surface area contributed by atoms with Crippen molar-refractivity contribution in [2.75, 3.05) is 7.11 Å². The number of aromatic amines is 1. The highest BCUT2D eigenvalue weighted by atomic mass is 35.5. The summed E-state index contributed by atoms with van der Waals surface area (Å²) in [7, 11) is 1.31. The molecule has 1 atom stereocenters. The molecule has 0 aliphatic carbocycles. The standard InChI is InChI=1S/C30H30ClN7O6/c1-30(2,3)44-28(41)16-23(33-26(39)12-9-20-14-21(31)10-11-25(20)38-17-32-36-37-38)24-15-22(29(42)35-34-24)19-7-5-18(6-8-19)13-27(40)43-4/h5-12,14-15,17,23H,13,16H2,1-4H3,(H,33,39)(H,35,42)/b12-9+/t23-/m0/s1. The molecular formula is C30H30ClN7O6. The van der Waals surface area contributed by atoms with Crippen molar-refractivity contribution in [3.8, 4) is 16.8 Å². The van der Waals surface area contributed by atoms with Crippen LogP contribution in [-0.2, 0) is 30.3 Å². The van der Waals surface area contributed by atoms with E-state index in [4.69, 9.17) is 21.1 Å². The molecule has 2 N–H and O–H groups in total. The molecule has 13 nitrogen and oxygen atoms in total. The summed E-state index contributed by atoms with van der Waals surface area (Å²) in [6, 6.07) is 12.3. The van der Waals surface area contributed by atoms with Gasteiger partial charge in [-0.3, -0.25) is 19.2 Å². The van der Waals surface area contributed by atoms with Gasteiger partial charge in [0.25, 0.3) is 5.56 Å². The number of carbonyl (C=O) groups excluding carboxylic acids is 3. The Morgan fingerprint density at radius 3 is 2.50 bits per heavy atom. The molecule has 0 unspecified atom stereocenters. The number of amides is 1. The van der Waals surface area contributed by atoms with Crippen LogP contribution in [0.5, 0.6) is 0 Å². The molecule has 0 aliphatic heterocycles. The van der Waals surface area contributed by atoms with E-state index < -0.39 is 35.0 Å². The maximum atomic E-state index is 13.2. The van der Waals surface area contributed by atoms with E-state index in [1.807, 2.05) is 0 Å². The van der Waals surface area contributed by atoms with Gasteiger partial charge in [0.1, 0.15) is 11.9 Å². The molecule has 44 heavy (non-hydrogen) atoms. The molecule has 4 rings (SSSR count). The molecule has 0 saturated heterocycles. The fourth-order valence-electron chi connectivity index (χ4n) is 4.16. The van der Waals surface area contributed by atoms with E-state index in [1.54, 1.807) is 63.2 Å². The summed E-state index contributed by atoms with van der Waals surface area (Å²) in [5.41, 5.74) is 1.62. The van der Waals surface area contributed by atoms with Crippen molar-refractivity contribution < 1.29 is 23.9 Å². The van der Waals surface area contributed by atoms with Crippen molar-refractivity contribution in [3.05, 3.63) is 93.1 Å². The van der Waals surface area contributed by atoms with Crippen LogP contribution in [0.3, 0.4) is 0 Å². The number of carbonyl (C=O) groups is 3. The van der Waals surface area contributed by atoms with Crippen LogP contribution >= 0.6 is 11.6 Å². The van der Waals surface area contributed by atoms with Crippen molar-refractivity contribution in [1.29, 1.82) is 0 Å². The van der Waals surface area contributed by atoms with E-state index in [-0.39, 0.29) is 24.1 Å². The highest BCUT2D eigenvalue weighted by Crippen LogP contribution is 2.23. The molecule has 228 valence electrons. The molecule has 14 heteroatoms. The zero-order chi connectivity index (χ0) is 31.9. The minimum Gasteiger partial charge on any atom is -0.469 e. The maximum absolute atomic E-state index is 13.2. The molecule has 0 aliphatic rings. The number of hydrogen-bond acceptors (Lipinski definition) is 10. The Morgan fingerprint density at radius 2 is 1.84 bits per heavy atom. The molecule has 0 saturated carbocycles. The first-order chi connectivity index (χ1) is 20.9. The van der Waals surface area contributed by atoms with Gasteiger partial charge in [-0.05, 0) is 72.7 Å². The minimum atomic E-state index is -0.963. The van der Waals surface area contributed by atoms with Gasteiger partial charge in [0.2, 0.25) is 5.91 Å². The van der Waals surface area contributed by atoms with Gasteiger partial charge in [0, 0.05) is 16.7 Å². The van der Waals surface area contributed by atoms with Crippen LogP contribution in [0, 0.1) is 0 Å². The Kier molecular flexibility index (Phi) is 10.0. The molecule has 4 aromatic rings. The second-order valence-electron chi connectivity index (χ2n) is 10.6. The fraction of sp³-hybridized carbons (Fsp3) is 0.267. The first-order valence-electron chi connectivity index (χ1n) is 13.4. The van der Waals surface area contributed by atoms with E-state index in [0.717, 1.165) is 0 Å². The van der Waals surface area contributed by atoms with Crippen molar-refractivity contribution in [3.63, 3.8) is 0 Å². The smallest absolute Gasteiger partial charge is 0.309 e. The predicted molar refractivity (Wildman–Crippen MR) is 161 cm³/mol. The molecule has 0 bridgehead atoms. The second-order valence-corrected chi connectivity index (χ2v) is 11.1. The van der Waals surface area contributed by atoms with Crippen LogP contribution < -0.4 is 10.9 Å². The maximum Gasteiger partial charge on any atom is 0.309 e. The first kappa shape index (κ1) is 31.8. The highest BCUT2D eigenvalue weighted by Gasteiger charge is 2.25. The number of benzene rings is 2. The fourth-order valence-corrected chi connectivity index (χ4v) is 4.34. The Labute approximate surface area is 257 Å². The summed E-state index contributed by atoms with van der Waals surface area (Å²) in [5, 5.41) is 21.0. The summed E-state index contributed by atoms with van der Waals surface area (Å²) < 4.78 is 11.6. The lowest BCUT2D eigenvalue weighted by molar-refractivity contribution is -0.155. The van der Waals surface area contributed by atoms with Gasteiger partial charge in [-0.15, -0.1) is 5.10 Å². The monoisotopic (exact) mass is 619 g/mol. The summed E-state index contributed by atoms with van der Waals surface area (Å²) in [6.45, 7) is 5.19. The average molecular weight is 620 g/mol. The van der Waals surface area contributed by atoms with Gasteiger partial charge in [0.15, 0.2) is 0 Å². The topological polar surface area (TPSA) is 171 Å². The molecule has 2 aromatic heterocycles. The van der Waals surface area contributed by atoms with Gasteiger partial charge in [-0.25, -0.2) is 5.10 Å². The van der Waals surface area contributed by atoms with Gasteiger partial charge < -0.3 is 14.8 Å². The summed E-state index contributed by atoms with van der Waals surface area (Å²) in [4.78, 5) is 50.3. The Hall–Kier alpha value is -5.17. The van der Waals surface area contributed by atoms with E-state index in [1.165, 1.54) is 36.3 Å². The lowest BCUT2D eigenvalue weighted by Crippen LogP contribution is -2.33. The quantitative estimate of drug-likeness (QED) is 0.198. The SMILES string of the molecule is COC(=O)Cc1ccc(-c2cc([C@H](CC(=O)OC(C)(C)C)NC(=O)/C=C/c3cc(Cl)ccc3-n3cnnn3)n[nH]c2=O)cc1. The van der Waals surface area contributed by atoms with Gasteiger partial charge >= 0.3 is 11.9 Å². The van der Waals surface area contributed by atoms with Crippen molar-refractivity contribution in [2.24, 2.45) is 0 Å². The first-order valence-corrected chi connectivity index (χ1v) is 13.8. The van der Waals surface area contributed by atoms with Crippen LogP contribution in [0.2, 0.25) is 5.02 Å². The van der Waals surface area contributed by atoms with Crippen LogP contribution in [0.25, 0.3) is 22.9 Å². The Balaban J connectivity index is 1.62.